The number of thioether (sulfide) groups is 1. The monoisotopic (exact) mass is 281 g/mol. The van der Waals surface area contributed by atoms with E-state index in [9.17, 15) is 9.59 Å². The summed E-state index contributed by atoms with van der Waals surface area (Å²) in [5, 5.41) is 2.70. The van der Waals surface area contributed by atoms with Gasteiger partial charge in [0.05, 0.1) is 12.9 Å². The van der Waals surface area contributed by atoms with Gasteiger partial charge in [-0.3, -0.25) is 4.79 Å². The quantitative estimate of drug-likeness (QED) is 0.641. The number of rotatable bonds is 6. The third-order valence-corrected chi connectivity index (χ3v) is 3.56. The molecule has 5 heteroatoms. The van der Waals surface area contributed by atoms with Crippen LogP contribution in [0.15, 0.2) is 35.2 Å². The minimum Gasteiger partial charge on any atom is -0.467 e. The van der Waals surface area contributed by atoms with Crippen molar-refractivity contribution in [1.82, 2.24) is 5.32 Å². The highest BCUT2D eigenvalue weighted by molar-refractivity contribution is 8.00. The van der Waals surface area contributed by atoms with Crippen molar-refractivity contribution in [2.75, 3.05) is 12.9 Å². The standard InChI is InChI=1S/C14H19NO3S/c1-10(2)13(14(17)18-3)15-12(16)9-19-11-7-5-4-6-8-11/h4-8,10,13H,9H2,1-3H3,(H,15,16)/t13-/m1/s1. The van der Waals surface area contributed by atoms with Gasteiger partial charge in [0.2, 0.25) is 5.91 Å². The summed E-state index contributed by atoms with van der Waals surface area (Å²) in [7, 11) is 1.32. The Balaban J connectivity index is 2.47. The van der Waals surface area contributed by atoms with Gasteiger partial charge in [-0.1, -0.05) is 32.0 Å². The van der Waals surface area contributed by atoms with Crippen molar-refractivity contribution in [1.29, 1.82) is 0 Å². The number of carbonyl (C=O) groups excluding carboxylic acids is 2. The second-order valence-electron chi connectivity index (χ2n) is 4.41. The van der Waals surface area contributed by atoms with E-state index in [2.05, 4.69) is 10.1 Å². The molecule has 0 saturated heterocycles. The zero-order valence-corrected chi connectivity index (χ0v) is 12.2. The zero-order valence-electron chi connectivity index (χ0n) is 11.4. The topological polar surface area (TPSA) is 55.4 Å². The van der Waals surface area contributed by atoms with Crippen molar-refractivity contribution in [2.24, 2.45) is 5.92 Å². The predicted molar refractivity (Wildman–Crippen MR) is 76.0 cm³/mol. The second-order valence-corrected chi connectivity index (χ2v) is 5.46. The Morgan fingerprint density at radius 3 is 2.42 bits per heavy atom. The summed E-state index contributed by atoms with van der Waals surface area (Å²) in [6.45, 7) is 3.73. The van der Waals surface area contributed by atoms with Crippen LogP contribution in [0.4, 0.5) is 0 Å². The van der Waals surface area contributed by atoms with E-state index >= 15 is 0 Å². The van der Waals surface area contributed by atoms with Crippen LogP contribution in [0.25, 0.3) is 0 Å². The number of nitrogens with one attached hydrogen (secondary N) is 1. The molecule has 0 aromatic heterocycles. The van der Waals surface area contributed by atoms with Gasteiger partial charge in [0.1, 0.15) is 6.04 Å². The molecule has 0 aliphatic carbocycles. The van der Waals surface area contributed by atoms with Crippen molar-refractivity contribution in [3.05, 3.63) is 30.3 Å². The van der Waals surface area contributed by atoms with Crippen LogP contribution in [0.2, 0.25) is 0 Å². The van der Waals surface area contributed by atoms with Crippen molar-refractivity contribution in [3.8, 4) is 0 Å². The van der Waals surface area contributed by atoms with E-state index in [4.69, 9.17) is 0 Å². The molecule has 1 atom stereocenters. The molecule has 1 N–H and O–H groups in total. The second kappa shape index (κ2) is 7.84. The van der Waals surface area contributed by atoms with E-state index in [0.717, 1.165) is 4.90 Å². The van der Waals surface area contributed by atoms with Crippen LogP contribution < -0.4 is 5.32 Å². The highest BCUT2D eigenvalue weighted by Crippen LogP contribution is 2.16. The van der Waals surface area contributed by atoms with E-state index in [0.29, 0.717) is 0 Å². The Kier molecular flexibility index (Phi) is 6.42. The third kappa shape index (κ3) is 5.34. The average Bonchev–Trinajstić information content (AvgIpc) is 2.42. The normalized spacial score (nSPS) is 12.0. The lowest BCUT2D eigenvalue weighted by molar-refractivity contribution is -0.146. The molecule has 0 fully saturated rings. The number of benzene rings is 1. The molecule has 0 unspecified atom stereocenters. The molecule has 0 aliphatic heterocycles. The maximum Gasteiger partial charge on any atom is 0.328 e. The van der Waals surface area contributed by atoms with Crippen molar-refractivity contribution in [3.63, 3.8) is 0 Å². The Bertz CT molecular complexity index is 420. The van der Waals surface area contributed by atoms with Crippen LogP contribution in [0.5, 0.6) is 0 Å². The molecule has 0 spiro atoms. The minimum absolute atomic E-state index is 0.00174. The molecule has 1 amide bonds. The molecule has 104 valence electrons. The van der Waals surface area contributed by atoms with Gasteiger partial charge in [-0.15, -0.1) is 11.8 Å². The van der Waals surface area contributed by atoms with Gasteiger partial charge in [0.25, 0.3) is 0 Å². The molecule has 0 saturated carbocycles. The molecular formula is C14H19NO3S. The fraction of sp³-hybridized carbons (Fsp3) is 0.429. The molecule has 0 bridgehead atoms. The number of methoxy groups -OCH3 is 1. The van der Waals surface area contributed by atoms with Crippen LogP contribution in [0.3, 0.4) is 0 Å². The summed E-state index contributed by atoms with van der Waals surface area (Å²) in [6, 6.07) is 9.07. The molecule has 4 nitrogen and oxygen atoms in total. The first kappa shape index (κ1) is 15.6. The van der Waals surface area contributed by atoms with Crippen LogP contribution in [0.1, 0.15) is 13.8 Å². The first-order valence-electron chi connectivity index (χ1n) is 6.09. The van der Waals surface area contributed by atoms with Gasteiger partial charge in [0.15, 0.2) is 0 Å². The molecule has 0 radical (unpaired) electrons. The average molecular weight is 281 g/mol. The molecule has 19 heavy (non-hydrogen) atoms. The Labute approximate surface area is 117 Å². The number of esters is 1. The molecule has 0 aliphatic rings. The van der Waals surface area contributed by atoms with E-state index in [1.807, 2.05) is 44.2 Å². The van der Waals surface area contributed by atoms with Gasteiger partial charge in [-0.05, 0) is 18.1 Å². The van der Waals surface area contributed by atoms with E-state index in [1.54, 1.807) is 0 Å². The molecule has 1 aromatic rings. The molecular weight excluding hydrogens is 262 g/mol. The van der Waals surface area contributed by atoms with Crippen LogP contribution in [0, 0.1) is 5.92 Å². The highest BCUT2D eigenvalue weighted by atomic mass is 32.2. The summed E-state index contributed by atoms with van der Waals surface area (Å²) in [5.74, 6) is -0.298. The summed E-state index contributed by atoms with van der Waals surface area (Å²) in [6.07, 6.45) is 0. The van der Waals surface area contributed by atoms with Gasteiger partial charge >= 0.3 is 5.97 Å². The summed E-state index contributed by atoms with van der Waals surface area (Å²) < 4.78 is 4.68. The first-order valence-corrected chi connectivity index (χ1v) is 7.08. The largest absolute Gasteiger partial charge is 0.467 e. The van der Waals surface area contributed by atoms with Crippen molar-refractivity contribution < 1.29 is 14.3 Å². The number of carbonyl (C=O) groups is 2. The van der Waals surface area contributed by atoms with Gasteiger partial charge < -0.3 is 10.1 Å². The molecule has 0 heterocycles. The zero-order chi connectivity index (χ0) is 14.3. The maximum absolute atomic E-state index is 11.8. The summed E-state index contributed by atoms with van der Waals surface area (Å²) in [5.41, 5.74) is 0. The molecule has 1 aromatic carbocycles. The Morgan fingerprint density at radius 2 is 1.89 bits per heavy atom. The fourth-order valence-corrected chi connectivity index (χ4v) is 2.24. The third-order valence-electron chi connectivity index (χ3n) is 2.55. The predicted octanol–water partition coefficient (Wildman–Crippen LogP) is 2.09. The van der Waals surface area contributed by atoms with Gasteiger partial charge in [-0.2, -0.15) is 0 Å². The Morgan fingerprint density at radius 1 is 1.26 bits per heavy atom. The van der Waals surface area contributed by atoms with E-state index in [1.165, 1.54) is 18.9 Å². The summed E-state index contributed by atoms with van der Waals surface area (Å²) >= 11 is 1.44. The lowest BCUT2D eigenvalue weighted by Gasteiger charge is -2.19. The van der Waals surface area contributed by atoms with Crippen molar-refractivity contribution >= 4 is 23.6 Å². The first-order chi connectivity index (χ1) is 9.04. The van der Waals surface area contributed by atoms with Gasteiger partial charge in [-0.25, -0.2) is 4.79 Å². The smallest absolute Gasteiger partial charge is 0.328 e. The van der Waals surface area contributed by atoms with Crippen LogP contribution >= 0.6 is 11.8 Å². The maximum atomic E-state index is 11.8. The highest BCUT2D eigenvalue weighted by Gasteiger charge is 2.24. The SMILES string of the molecule is COC(=O)[C@H](NC(=O)CSc1ccccc1)C(C)C. The number of amides is 1. The van der Waals surface area contributed by atoms with E-state index < -0.39 is 12.0 Å². The lowest BCUT2D eigenvalue weighted by atomic mass is 10.1. The Hall–Kier alpha value is -1.49. The molecule has 1 rings (SSSR count). The van der Waals surface area contributed by atoms with Gasteiger partial charge in [0, 0.05) is 4.90 Å². The van der Waals surface area contributed by atoms with E-state index in [-0.39, 0.29) is 17.6 Å². The number of ether oxygens (including phenoxy) is 1. The number of hydrogen-bond donors (Lipinski definition) is 1. The lowest BCUT2D eigenvalue weighted by Crippen LogP contribution is -2.45. The van der Waals surface area contributed by atoms with Crippen LogP contribution in [-0.2, 0) is 14.3 Å². The van der Waals surface area contributed by atoms with Crippen molar-refractivity contribution in [2.45, 2.75) is 24.8 Å². The van der Waals surface area contributed by atoms with Crippen LogP contribution in [-0.4, -0.2) is 30.8 Å². The summed E-state index contributed by atoms with van der Waals surface area (Å²) in [4.78, 5) is 24.4. The fourth-order valence-electron chi connectivity index (χ4n) is 1.51. The minimum atomic E-state index is -0.589. The number of hydrogen-bond acceptors (Lipinski definition) is 4.